The third-order valence-electron chi connectivity index (χ3n) is 4.80. The van der Waals surface area contributed by atoms with E-state index in [0.717, 1.165) is 12.5 Å². The van der Waals surface area contributed by atoms with Gasteiger partial charge in [-0.3, -0.25) is 0 Å². The van der Waals surface area contributed by atoms with Gasteiger partial charge in [0.05, 0.1) is 11.7 Å². The molecule has 1 N–H and O–H groups in total. The third kappa shape index (κ3) is 4.22. The van der Waals surface area contributed by atoms with Crippen LogP contribution in [0.3, 0.4) is 0 Å². The van der Waals surface area contributed by atoms with Crippen LogP contribution in [0, 0.1) is 0 Å². The molecule has 1 aromatic rings. The first kappa shape index (κ1) is 22.0. The lowest BCUT2D eigenvalue weighted by atomic mass is 9.57. The lowest BCUT2D eigenvalue weighted by Gasteiger charge is -2.48. The molecule has 2 aliphatic rings. The van der Waals surface area contributed by atoms with Gasteiger partial charge in [-0.25, -0.2) is 9.67 Å². The SMILES string of the molecule is CC.CCC.CCCCN1B(C)NC2N(B1C)c1ncnn1C2(C)C. The smallest absolute Gasteiger partial charge is 0.333 e. The van der Waals surface area contributed by atoms with E-state index in [1.54, 1.807) is 6.33 Å². The maximum atomic E-state index is 4.48. The molecule has 0 saturated carbocycles. The van der Waals surface area contributed by atoms with E-state index >= 15 is 0 Å². The Bertz CT molecular complexity index is 507. The summed E-state index contributed by atoms with van der Waals surface area (Å²) in [5.74, 6) is 0.980. The Balaban J connectivity index is 0.000000567. The average molecular weight is 348 g/mol. The molecule has 1 saturated heterocycles. The summed E-state index contributed by atoms with van der Waals surface area (Å²) in [6.07, 6.45) is 5.61. The molecule has 0 bridgehead atoms. The lowest BCUT2D eigenvalue weighted by molar-refractivity contribution is 0.280. The fourth-order valence-electron chi connectivity index (χ4n) is 3.59. The zero-order valence-corrected chi connectivity index (χ0v) is 17.9. The van der Waals surface area contributed by atoms with Gasteiger partial charge in [-0.1, -0.05) is 61.1 Å². The van der Waals surface area contributed by atoms with E-state index in [0.29, 0.717) is 14.0 Å². The van der Waals surface area contributed by atoms with Crippen LogP contribution in [-0.4, -0.2) is 46.2 Å². The van der Waals surface area contributed by atoms with Gasteiger partial charge in [0.25, 0.3) is 6.98 Å². The van der Waals surface area contributed by atoms with E-state index in [-0.39, 0.29) is 11.7 Å². The standard InChI is InChI=1S/C12H24B2N6.C3H8.C2H6/c1-6-7-8-18-13(4)17-10-12(2,3)20-11(15-9-16-20)19(10)14(18)5;1-3-2;1-2/h9-10,17H,6-8H2,1-5H3;3H2,1-2H3;1-2H3. The number of aromatic nitrogens is 3. The van der Waals surface area contributed by atoms with Crippen molar-refractivity contribution < 1.29 is 0 Å². The second-order valence-electron chi connectivity index (χ2n) is 7.21. The number of fused-ring (bicyclic) bond motifs is 3. The van der Waals surface area contributed by atoms with Crippen molar-refractivity contribution >= 4 is 19.9 Å². The van der Waals surface area contributed by atoms with Gasteiger partial charge >= 0.3 is 6.98 Å². The van der Waals surface area contributed by atoms with Gasteiger partial charge in [-0.05, 0) is 26.8 Å². The molecular formula is C17H38B2N6. The summed E-state index contributed by atoms with van der Waals surface area (Å²) in [6, 6.07) is 0. The van der Waals surface area contributed by atoms with Gasteiger partial charge in [-0.15, -0.1) is 0 Å². The van der Waals surface area contributed by atoms with E-state index in [4.69, 9.17) is 0 Å². The Morgan fingerprint density at radius 3 is 2.36 bits per heavy atom. The molecule has 25 heavy (non-hydrogen) atoms. The van der Waals surface area contributed by atoms with Crippen LogP contribution in [0.2, 0.25) is 13.6 Å². The van der Waals surface area contributed by atoms with Crippen LogP contribution in [0.15, 0.2) is 6.33 Å². The quantitative estimate of drug-likeness (QED) is 0.847. The minimum atomic E-state index is -0.0782. The highest BCUT2D eigenvalue weighted by Gasteiger charge is 2.54. The average Bonchev–Trinajstić information content (AvgIpc) is 3.13. The molecule has 1 aromatic heterocycles. The highest BCUT2D eigenvalue weighted by molar-refractivity contribution is 6.74. The van der Waals surface area contributed by atoms with Crippen LogP contribution in [-0.2, 0) is 5.54 Å². The summed E-state index contributed by atoms with van der Waals surface area (Å²) in [4.78, 5) is 6.86. The monoisotopic (exact) mass is 348 g/mol. The Hall–Kier alpha value is -1.01. The molecule has 3 rings (SSSR count). The first-order chi connectivity index (χ1) is 11.9. The van der Waals surface area contributed by atoms with E-state index in [1.165, 1.54) is 19.3 Å². The van der Waals surface area contributed by atoms with Crippen molar-refractivity contribution in [2.45, 2.75) is 93.1 Å². The number of rotatable bonds is 3. The molecule has 2 aliphatic heterocycles. The maximum Gasteiger partial charge on any atom is 0.333 e. The van der Waals surface area contributed by atoms with Crippen LogP contribution in [0.4, 0.5) is 5.95 Å². The molecule has 1 unspecified atom stereocenters. The number of nitrogens with zero attached hydrogens (tertiary/aromatic N) is 5. The molecule has 0 amide bonds. The summed E-state index contributed by atoms with van der Waals surface area (Å²) in [7, 11) is 0. The Morgan fingerprint density at radius 2 is 1.80 bits per heavy atom. The van der Waals surface area contributed by atoms with Crippen LogP contribution in [0.1, 0.15) is 67.7 Å². The Labute approximate surface area is 156 Å². The molecule has 0 radical (unpaired) electrons. The summed E-state index contributed by atoms with van der Waals surface area (Å²) >= 11 is 0. The molecule has 1 atom stereocenters. The van der Waals surface area contributed by atoms with Crippen molar-refractivity contribution in [1.29, 1.82) is 0 Å². The van der Waals surface area contributed by atoms with Gasteiger partial charge in [0.1, 0.15) is 6.33 Å². The van der Waals surface area contributed by atoms with E-state index in [9.17, 15) is 0 Å². The molecule has 0 aliphatic carbocycles. The zero-order valence-electron chi connectivity index (χ0n) is 17.9. The van der Waals surface area contributed by atoms with Crippen LogP contribution in [0.25, 0.3) is 0 Å². The van der Waals surface area contributed by atoms with Crippen molar-refractivity contribution in [2.75, 3.05) is 11.4 Å². The molecule has 6 nitrogen and oxygen atoms in total. The lowest BCUT2D eigenvalue weighted by Crippen LogP contribution is -2.75. The summed E-state index contributed by atoms with van der Waals surface area (Å²) < 4.78 is 4.57. The van der Waals surface area contributed by atoms with Crippen molar-refractivity contribution in [1.82, 2.24) is 24.7 Å². The third-order valence-corrected chi connectivity index (χ3v) is 4.80. The molecule has 3 heterocycles. The molecule has 1 fully saturated rings. The number of hydrogen-bond donors (Lipinski definition) is 1. The fourth-order valence-corrected chi connectivity index (χ4v) is 3.59. The van der Waals surface area contributed by atoms with E-state index in [1.807, 2.05) is 13.8 Å². The van der Waals surface area contributed by atoms with E-state index < -0.39 is 0 Å². The normalized spacial score (nSPS) is 21.0. The maximum absolute atomic E-state index is 4.48. The molecule has 142 valence electrons. The van der Waals surface area contributed by atoms with Crippen molar-refractivity contribution in [3.05, 3.63) is 6.33 Å². The molecule has 0 spiro atoms. The molecule has 8 heteroatoms. The highest BCUT2D eigenvalue weighted by Crippen LogP contribution is 2.38. The second-order valence-corrected chi connectivity index (χ2v) is 7.21. The second kappa shape index (κ2) is 9.62. The number of anilines is 1. The zero-order chi connectivity index (χ0) is 19.2. The topological polar surface area (TPSA) is 49.2 Å². The number of nitrogens with one attached hydrogen (secondary N) is 1. The van der Waals surface area contributed by atoms with Gasteiger partial charge in [0.15, 0.2) is 0 Å². The first-order valence-corrected chi connectivity index (χ1v) is 10.1. The largest absolute Gasteiger partial charge is 0.354 e. The summed E-state index contributed by atoms with van der Waals surface area (Å²) in [5, 5.41) is 8.17. The van der Waals surface area contributed by atoms with Gasteiger partial charge in [0.2, 0.25) is 5.95 Å². The van der Waals surface area contributed by atoms with Gasteiger partial charge in [-0.2, -0.15) is 5.10 Å². The minimum Gasteiger partial charge on any atom is -0.354 e. The van der Waals surface area contributed by atoms with Crippen LogP contribution in [0.5, 0.6) is 0 Å². The van der Waals surface area contributed by atoms with Crippen molar-refractivity contribution in [2.24, 2.45) is 0 Å². The fraction of sp³-hybridized carbons (Fsp3) is 0.882. The van der Waals surface area contributed by atoms with E-state index in [2.05, 4.69) is 77.8 Å². The first-order valence-electron chi connectivity index (χ1n) is 10.1. The van der Waals surface area contributed by atoms with Crippen LogP contribution >= 0.6 is 0 Å². The van der Waals surface area contributed by atoms with Gasteiger partial charge in [0, 0.05) is 0 Å². The Kier molecular flexibility index (Phi) is 8.48. The minimum absolute atomic E-state index is 0.0782. The highest BCUT2D eigenvalue weighted by atomic mass is 15.6. The van der Waals surface area contributed by atoms with Crippen molar-refractivity contribution in [3.63, 3.8) is 0 Å². The van der Waals surface area contributed by atoms with Crippen LogP contribution < -0.4 is 10.0 Å². The number of hydrogen-bond acceptors (Lipinski definition) is 5. The summed E-state index contributed by atoms with van der Waals surface area (Å²) in [5.41, 5.74) is -0.0782. The van der Waals surface area contributed by atoms with Crippen molar-refractivity contribution in [3.8, 4) is 0 Å². The number of unbranched alkanes of at least 4 members (excludes halogenated alkanes) is 1. The predicted octanol–water partition coefficient (Wildman–Crippen LogP) is 3.54. The molecular weight excluding hydrogens is 310 g/mol. The summed E-state index contributed by atoms with van der Waals surface area (Å²) in [6.45, 7) is 21.3. The molecule has 0 aromatic carbocycles. The Morgan fingerprint density at radius 1 is 1.20 bits per heavy atom. The van der Waals surface area contributed by atoms with Gasteiger partial charge < -0.3 is 14.8 Å². The predicted molar refractivity (Wildman–Crippen MR) is 111 cm³/mol.